The molecule has 2 aromatic heterocycles. The molecule has 5 aromatic rings. The lowest BCUT2D eigenvalue weighted by Gasteiger charge is -2.12. The molecule has 2 heterocycles. The Hall–Kier alpha value is -3.59. The molecule has 186 valence electrons. The summed E-state index contributed by atoms with van der Waals surface area (Å²) in [5.41, 5.74) is 6.46. The number of fused-ring (bicyclic) bond motifs is 1. The van der Waals surface area contributed by atoms with Gasteiger partial charge in [-0.15, -0.1) is 22.7 Å². The maximum atomic E-state index is 12.9. The van der Waals surface area contributed by atoms with Crippen LogP contribution >= 0.6 is 34.9 Å². The standard InChI is InChI=1S/C29H25N3O2S3/c1-4-34-28(33)25-24(19-8-6-5-7-9-19)18(3)36-27(25)32-29(35)30-21-13-11-20(12-14-21)26-31-22-15-10-17(2)16-23(22)37-26/h5-16H,4H2,1-3H3,(H2,30,32,35). The number of esters is 1. The molecule has 0 saturated heterocycles. The van der Waals surface area contributed by atoms with E-state index in [4.69, 9.17) is 21.9 Å². The number of nitrogens with one attached hydrogen (secondary N) is 2. The molecule has 0 atom stereocenters. The van der Waals surface area contributed by atoms with Gasteiger partial charge >= 0.3 is 5.97 Å². The fourth-order valence-electron chi connectivity index (χ4n) is 4.10. The monoisotopic (exact) mass is 543 g/mol. The number of nitrogens with zero attached hydrogens (tertiary/aromatic N) is 1. The lowest BCUT2D eigenvalue weighted by Crippen LogP contribution is -2.20. The van der Waals surface area contributed by atoms with E-state index in [2.05, 4.69) is 35.8 Å². The molecule has 0 fully saturated rings. The van der Waals surface area contributed by atoms with E-state index in [9.17, 15) is 4.79 Å². The second kappa shape index (κ2) is 10.8. The number of thiazole rings is 1. The zero-order chi connectivity index (χ0) is 25.9. The van der Waals surface area contributed by atoms with Gasteiger partial charge in [0.05, 0.1) is 16.8 Å². The largest absolute Gasteiger partial charge is 0.462 e. The van der Waals surface area contributed by atoms with Gasteiger partial charge in [0.1, 0.15) is 15.6 Å². The van der Waals surface area contributed by atoms with Gasteiger partial charge in [0.25, 0.3) is 0 Å². The smallest absolute Gasteiger partial charge is 0.341 e. The molecule has 0 amide bonds. The number of thiocarbonyl (C=S) groups is 1. The van der Waals surface area contributed by atoms with Crippen LogP contribution < -0.4 is 10.6 Å². The SMILES string of the molecule is CCOC(=O)c1c(NC(=S)Nc2ccc(-c3nc4ccc(C)cc4s3)cc2)sc(C)c1-c1ccccc1. The molecule has 0 saturated carbocycles. The molecule has 8 heteroatoms. The van der Waals surface area contributed by atoms with Crippen LogP contribution in [-0.4, -0.2) is 22.7 Å². The molecule has 2 N–H and O–H groups in total. The predicted molar refractivity (Wildman–Crippen MR) is 160 cm³/mol. The van der Waals surface area contributed by atoms with Crippen LogP contribution in [0.2, 0.25) is 0 Å². The number of hydrogen-bond donors (Lipinski definition) is 2. The maximum Gasteiger partial charge on any atom is 0.341 e. The van der Waals surface area contributed by atoms with Crippen LogP contribution in [0, 0.1) is 13.8 Å². The number of thiophene rings is 1. The summed E-state index contributed by atoms with van der Waals surface area (Å²) in [6, 6.07) is 24.2. The lowest BCUT2D eigenvalue weighted by atomic mass is 10.0. The van der Waals surface area contributed by atoms with E-state index < -0.39 is 0 Å². The second-order valence-corrected chi connectivity index (χ2v) is 11.1. The Labute approximate surface area is 229 Å². The summed E-state index contributed by atoms with van der Waals surface area (Å²) in [5.74, 6) is -0.369. The molecule has 5 nitrogen and oxygen atoms in total. The minimum absolute atomic E-state index is 0.296. The topological polar surface area (TPSA) is 63.2 Å². The number of ether oxygens (including phenoxy) is 1. The van der Waals surface area contributed by atoms with E-state index in [-0.39, 0.29) is 5.97 Å². The van der Waals surface area contributed by atoms with Crippen molar-refractivity contribution in [1.82, 2.24) is 4.98 Å². The first-order chi connectivity index (χ1) is 17.9. The minimum atomic E-state index is -0.369. The van der Waals surface area contributed by atoms with Gasteiger partial charge in [0, 0.05) is 21.7 Å². The normalized spacial score (nSPS) is 10.9. The van der Waals surface area contributed by atoms with Crippen molar-refractivity contribution in [1.29, 1.82) is 0 Å². The summed E-state index contributed by atoms with van der Waals surface area (Å²) in [6.45, 7) is 6.19. The van der Waals surface area contributed by atoms with E-state index in [1.54, 1.807) is 18.3 Å². The summed E-state index contributed by atoms with van der Waals surface area (Å²) < 4.78 is 6.57. The van der Waals surface area contributed by atoms with Crippen molar-refractivity contribution < 1.29 is 9.53 Å². The maximum absolute atomic E-state index is 12.9. The summed E-state index contributed by atoms with van der Waals surface area (Å²) >= 11 is 8.77. The molecular weight excluding hydrogens is 519 g/mol. The van der Waals surface area contributed by atoms with E-state index >= 15 is 0 Å². The molecule has 0 bridgehead atoms. The Morgan fingerprint density at radius 1 is 0.946 bits per heavy atom. The van der Waals surface area contributed by atoms with Crippen LogP contribution in [0.15, 0.2) is 72.8 Å². The van der Waals surface area contributed by atoms with Gasteiger partial charge in [-0.1, -0.05) is 36.4 Å². The molecule has 0 radical (unpaired) electrons. The molecule has 0 aliphatic rings. The Bertz CT molecular complexity index is 1590. The highest BCUT2D eigenvalue weighted by atomic mass is 32.1. The van der Waals surface area contributed by atoms with Crippen LogP contribution in [0.3, 0.4) is 0 Å². The van der Waals surface area contributed by atoms with Crippen molar-refractivity contribution >= 4 is 66.9 Å². The molecule has 0 unspecified atom stereocenters. The van der Waals surface area contributed by atoms with Gasteiger partial charge < -0.3 is 15.4 Å². The third kappa shape index (κ3) is 5.41. The number of carbonyl (C=O) groups is 1. The quantitative estimate of drug-likeness (QED) is 0.166. The number of carbonyl (C=O) groups excluding carboxylic acids is 1. The minimum Gasteiger partial charge on any atom is -0.462 e. The fourth-order valence-corrected chi connectivity index (χ4v) is 6.52. The zero-order valence-corrected chi connectivity index (χ0v) is 23.1. The van der Waals surface area contributed by atoms with Crippen molar-refractivity contribution in [3.63, 3.8) is 0 Å². The fraction of sp³-hybridized carbons (Fsp3) is 0.138. The van der Waals surface area contributed by atoms with Crippen LogP contribution in [0.1, 0.15) is 27.7 Å². The van der Waals surface area contributed by atoms with Gasteiger partial charge in [-0.2, -0.15) is 0 Å². The summed E-state index contributed by atoms with van der Waals surface area (Å²) in [5, 5.41) is 8.49. The molecule has 0 aliphatic carbocycles. The Kier molecular flexibility index (Phi) is 7.32. The molecule has 0 aliphatic heterocycles. The van der Waals surface area contributed by atoms with Crippen molar-refractivity contribution in [2.45, 2.75) is 20.8 Å². The average molecular weight is 544 g/mol. The number of hydrogen-bond acceptors (Lipinski definition) is 6. The van der Waals surface area contributed by atoms with Crippen molar-refractivity contribution in [2.24, 2.45) is 0 Å². The third-order valence-corrected chi connectivity index (χ3v) is 8.08. The van der Waals surface area contributed by atoms with E-state index in [0.717, 1.165) is 37.8 Å². The molecule has 37 heavy (non-hydrogen) atoms. The summed E-state index contributed by atoms with van der Waals surface area (Å²) in [6.07, 6.45) is 0. The van der Waals surface area contributed by atoms with E-state index in [1.165, 1.54) is 21.6 Å². The first kappa shape index (κ1) is 25.1. The first-order valence-electron chi connectivity index (χ1n) is 11.8. The Morgan fingerprint density at radius 3 is 2.43 bits per heavy atom. The predicted octanol–water partition coefficient (Wildman–Crippen LogP) is 8.29. The number of rotatable bonds is 6. The molecule has 3 aromatic carbocycles. The highest BCUT2D eigenvalue weighted by Crippen LogP contribution is 2.40. The van der Waals surface area contributed by atoms with Crippen LogP contribution in [0.5, 0.6) is 0 Å². The van der Waals surface area contributed by atoms with Gasteiger partial charge in [-0.25, -0.2) is 9.78 Å². The molecular formula is C29H25N3O2S3. The van der Waals surface area contributed by atoms with Crippen LogP contribution in [0.4, 0.5) is 10.7 Å². The van der Waals surface area contributed by atoms with Gasteiger partial charge in [0.15, 0.2) is 5.11 Å². The number of aromatic nitrogens is 1. The summed E-state index contributed by atoms with van der Waals surface area (Å²) in [7, 11) is 0. The molecule has 5 rings (SSSR count). The highest BCUT2D eigenvalue weighted by Gasteiger charge is 2.25. The Morgan fingerprint density at radius 2 is 1.70 bits per heavy atom. The Balaban J connectivity index is 1.35. The van der Waals surface area contributed by atoms with Gasteiger partial charge in [-0.3, -0.25) is 0 Å². The second-order valence-electron chi connectivity index (χ2n) is 8.47. The number of anilines is 2. The van der Waals surface area contributed by atoms with E-state index in [0.29, 0.717) is 22.3 Å². The summed E-state index contributed by atoms with van der Waals surface area (Å²) in [4.78, 5) is 18.7. The van der Waals surface area contributed by atoms with Crippen molar-refractivity contribution in [2.75, 3.05) is 17.2 Å². The van der Waals surface area contributed by atoms with Crippen molar-refractivity contribution in [3.8, 4) is 21.7 Å². The number of benzene rings is 3. The molecule has 0 spiro atoms. The van der Waals surface area contributed by atoms with Crippen LogP contribution in [-0.2, 0) is 4.74 Å². The van der Waals surface area contributed by atoms with Gasteiger partial charge in [-0.05, 0) is 80.5 Å². The third-order valence-electron chi connectivity index (χ3n) is 5.79. The van der Waals surface area contributed by atoms with Gasteiger partial charge in [0.2, 0.25) is 0 Å². The van der Waals surface area contributed by atoms with Crippen molar-refractivity contribution in [3.05, 3.63) is 88.8 Å². The number of aryl methyl sites for hydroxylation is 2. The zero-order valence-electron chi connectivity index (χ0n) is 20.6. The van der Waals surface area contributed by atoms with Crippen LogP contribution in [0.25, 0.3) is 31.9 Å². The lowest BCUT2D eigenvalue weighted by molar-refractivity contribution is 0.0529. The first-order valence-corrected chi connectivity index (χ1v) is 13.9. The average Bonchev–Trinajstić information content (AvgIpc) is 3.45. The van der Waals surface area contributed by atoms with E-state index in [1.807, 2.05) is 61.5 Å². The highest BCUT2D eigenvalue weighted by molar-refractivity contribution is 7.80.